The van der Waals surface area contributed by atoms with Gasteiger partial charge in [-0.15, -0.1) is 0 Å². The van der Waals surface area contributed by atoms with Gasteiger partial charge in [-0.05, 0) is 30.7 Å². The van der Waals surface area contributed by atoms with E-state index in [-0.39, 0.29) is 10.8 Å². The summed E-state index contributed by atoms with van der Waals surface area (Å²) >= 11 is 0. The van der Waals surface area contributed by atoms with Gasteiger partial charge in [-0.2, -0.15) is 0 Å². The minimum absolute atomic E-state index is 0.322. The zero-order chi connectivity index (χ0) is 18.4. The van der Waals surface area contributed by atoms with E-state index in [0.29, 0.717) is 11.5 Å². The van der Waals surface area contributed by atoms with Crippen molar-refractivity contribution in [3.8, 4) is 11.5 Å². The predicted octanol–water partition coefficient (Wildman–Crippen LogP) is 3.91. The molecule has 4 N–H and O–H groups in total. The molecule has 0 aromatic heterocycles. The maximum absolute atomic E-state index is 9.52. The molecule has 0 spiro atoms. The molecule has 0 amide bonds. The molecular weight excluding hydrogens is 304 g/mol. The molecule has 0 bridgehead atoms. The van der Waals surface area contributed by atoms with E-state index in [1.807, 2.05) is 39.8 Å². The van der Waals surface area contributed by atoms with Crippen LogP contribution in [0.5, 0.6) is 11.5 Å². The summed E-state index contributed by atoms with van der Waals surface area (Å²) in [6.45, 7) is 7.49. The van der Waals surface area contributed by atoms with E-state index < -0.39 is 5.79 Å². The largest absolute Gasteiger partial charge is 0.508 e. The van der Waals surface area contributed by atoms with Crippen LogP contribution < -0.4 is 0 Å². The number of phenolic OH excluding ortho intramolecular Hbond substituents is 2. The van der Waals surface area contributed by atoms with Crippen LogP contribution in [0, 0.1) is 10.8 Å². The average molecular weight is 332 g/mol. The zero-order valence-corrected chi connectivity index (χ0v) is 14.8. The summed E-state index contributed by atoms with van der Waals surface area (Å²) in [7, 11) is 0. The molecule has 1 fully saturated rings. The zero-order valence-electron chi connectivity index (χ0n) is 14.8. The van der Waals surface area contributed by atoms with Crippen LogP contribution in [0.3, 0.4) is 0 Å². The lowest BCUT2D eigenvalue weighted by Gasteiger charge is -2.60. The van der Waals surface area contributed by atoms with Gasteiger partial charge in [-0.1, -0.05) is 64.1 Å². The molecule has 2 aromatic rings. The van der Waals surface area contributed by atoms with E-state index in [1.165, 1.54) is 0 Å². The Balaban J connectivity index is 0.000000185. The van der Waals surface area contributed by atoms with Crippen LogP contribution in [0.25, 0.3) is 0 Å². The fourth-order valence-electron chi connectivity index (χ4n) is 3.02. The van der Waals surface area contributed by atoms with Gasteiger partial charge in [0, 0.05) is 10.8 Å². The van der Waals surface area contributed by atoms with Crippen molar-refractivity contribution in [3.63, 3.8) is 0 Å². The molecular formula is C20H28O4. The second kappa shape index (κ2) is 7.69. The Morgan fingerprint density at radius 1 is 0.625 bits per heavy atom. The van der Waals surface area contributed by atoms with E-state index in [2.05, 4.69) is 0 Å². The first-order chi connectivity index (χ1) is 11.0. The van der Waals surface area contributed by atoms with Crippen LogP contribution in [0.1, 0.15) is 34.1 Å². The van der Waals surface area contributed by atoms with Crippen LogP contribution in [-0.4, -0.2) is 26.2 Å². The first-order valence-electron chi connectivity index (χ1n) is 7.92. The van der Waals surface area contributed by atoms with Gasteiger partial charge in [-0.25, -0.2) is 0 Å². The van der Waals surface area contributed by atoms with E-state index >= 15 is 0 Å². The number of aliphatic hydroxyl groups is 2. The molecule has 24 heavy (non-hydrogen) atoms. The first-order valence-corrected chi connectivity index (χ1v) is 7.92. The second-order valence-corrected chi connectivity index (χ2v) is 7.29. The molecule has 0 aliphatic heterocycles. The minimum Gasteiger partial charge on any atom is -0.508 e. The number of para-hydroxylation sites is 2. The number of aromatic hydroxyl groups is 2. The third-order valence-corrected chi connectivity index (χ3v) is 4.28. The van der Waals surface area contributed by atoms with Gasteiger partial charge < -0.3 is 20.4 Å². The van der Waals surface area contributed by atoms with Crippen molar-refractivity contribution >= 4 is 0 Å². The molecule has 0 heterocycles. The summed E-state index contributed by atoms with van der Waals surface area (Å²) in [5, 5.41) is 36.3. The molecule has 4 nitrogen and oxygen atoms in total. The Bertz CT molecular complexity index is 551. The van der Waals surface area contributed by atoms with Gasteiger partial charge in [0.15, 0.2) is 5.79 Å². The van der Waals surface area contributed by atoms with Gasteiger partial charge in [0.25, 0.3) is 0 Å². The van der Waals surface area contributed by atoms with Crippen molar-refractivity contribution in [1.82, 2.24) is 0 Å². The monoisotopic (exact) mass is 332 g/mol. The summed E-state index contributed by atoms with van der Waals surface area (Å²) in [5.74, 6) is -0.843. The highest BCUT2D eigenvalue weighted by Gasteiger charge is 2.64. The van der Waals surface area contributed by atoms with Crippen molar-refractivity contribution in [3.05, 3.63) is 60.7 Å². The SMILES string of the molecule is CC1(C)CC(C)(C)C1(O)O.Oc1ccccc1.Oc1ccccc1. The van der Waals surface area contributed by atoms with Crippen molar-refractivity contribution in [2.75, 3.05) is 0 Å². The predicted molar refractivity (Wildman–Crippen MR) is 95.6 cm³/mol. The summed E-state index contributed by atoms with van der Waals surface area (Å²) in [5.41, 5.74) is -0.674. The standard InChI is InChI=1S/C8H16O2.2C6H6O/c1-6(2)5-7(3,4)8(6,9)10;2*7-6-4-2-1-3-5-6/h9-10H,5H2,1-4H3;2*1-5,7H. The smallest absolute Gasteiger partial charge is 0.172 e. The van der Waals surface area contributed by atoms with Crippen molar-refractivity contribution in [2.24, 2.45) is 10.8 Å². The average Bonchev–Trinajstić information content (AvgIpc) is 2.49. The summed E-state index contributed by atoms with van der Waals surface area (Å²) in [6.07, 6.45) is 0.868. The Labute approximate surface area is 144 Å². The number of hydrogen-bond donors (Lipinski definition) is 4. The Morgan fingerprint density at radius 3 is 1.00 bits per heavy atom. The van der Waals surface area contributed by atoms with Crippen molar-refractivity contribution in [1.29, 1.82) is 0 Å². The maximum atomic E-state index is 9.52. The summed E-state index contributed by atoms with van der Waals surface area (Å²) < 4.78 is 0. The quantitative estimate of drug-likeness (QED) is 0.551. The highest BCUT2D eigenvalue weighted by Crippen LogP contribution is 2.59. The van der Waals surface area contributed by atoms with Gasteiger partial charge in [-0.3, -0.25) is 0 Å². The van der Waals surface area contributed by atoms with Crippen LogP contribution >= 0.6 is 0 Å². The first kappa shape index (κ1) is 20.0. The van der Waals surface area contributed by atoms with Gasteiger partial charge in [0.2, 0.25) is 0 Å². The molecule has 1 saturated carbocycles. The highest BCUT2D eigenvalue weighted by atomic mass is 16.5. The van der Waals surface area contributed by atoms with E-state index in [0.717, 1.165) is 6.42 Å². The van der Waals surface area contributed by atoms with Crippen LogP contribution in [0.4, 0.5) is 0 Å². The molecule has 0 unspecified atom stereocenters. The number of phenols is 2. The van der Waals surface area contributed by atoms with Crippen LogP contribution in [-0.2, 0) is 0 Å². The van der Waals surface area contributed by atoms with Crippen LogP contribution in [0.15, 0.2) is 60.7 Å². The van der Waals surface area contributed by atoms with Crippen molar-refractivity contribution < 1.29 is 20.4 Å². The molecule has 132 valence electrons. The Morgan fingerprint density at radius 2 is 0.917 bits per heavy atom. The Kier molecular flexibility index (Phi) is 6.41. The molecule has 0 saturated heterocycles. The van der Waals surface area contributed by atoms with Gasteiger partial charge in [0.05, 0.1) is 0 Å². The van der Waals surface area contributed by atoms with Gasteiger partial charge >= 0.3 is 0 Å². The molecule has 1 aliphatic rings. The lowest BCUT2D eigenvalue weighted by molar-refractivity contribution is -0.367. The fraction of sp³-hybridized carbons (Fsp3) is 0.400. The third kappa shape index (κ3) is 4.98. The number of hydrogen-bond acceptors (Lipinski definition) is 4. The highest BCUT2D eigenvalue weighted by molar-refractivity contribution is 5.19. The van der Waals surface area contributed by atoms with E-state index in [9.17, 15) is 10.2 Å². The molecule has 0 atom stereocenters. The number of rotatable bonds is 0. The maximum Gasteiger partial charge on any atom is 0.172 e. The third-order valence-electron chi connectivity index (χ3n) is 4.28. The Hall–Kier alpha value is -2.04. The summed E-state index contributed by atoms with van der Waals surface area (Å²) in [4.78, 5) is 0. The lowest BCUT2D eigenvalue weighted by atomic mass is 9.51. The van der Waals surface area contributed by atoms with Crippen molar-refractivity contribution in [2.45, 2.75) is 39.9 Å². The summed E-state index contributed by atoms with van der Waals surface area (Å²) in [6, 6.07) is 17.4. The van der Waals surface area contributed by atoms with Crippen LogP contribution in [0.2, 0.25) is 0 Å². The minimum atomic E-state index is -1.49. The fourth-order valence-corrected chi connectivity index (χ4v) is 3.02. The normalized spacial score (nSPS) is 18.8. The molecule has 0 radical (unpaired) electrons. The number of benzene rings is 2. The van der Waals surface area contributed by atoms with Gasteiger partial charge in [0.1, 0.15) is 11.5 Å². The molecule has 1 aliphatic carbocycles. The topological polar surface area (TPSA) is 80.9 Å². The molecule has 4 heteroatoms. The second-order valence-electron chi connectivity index (χ2n) is 7.29. The van der Waals surface area contributed by atoms with E-state index in [4.69, 9.17) is 10.2 Å². The molecule has 3 rings (SSSR count). The lowest BCUT2D eigenvalue weighted by Crippen LogP contribution is -2.66. The van der Waals surface area contributed by atoms with E-state index in [1.54, 1.807) is 48.5 Å². The molecule has 2 aromatic carbocycles.